The first kappa shape index (κ1) is 43.2. The van der Waals surface area contributed by atoms with Gasteiger partial charge in [-0.25, -0.2) is 0 Å². The van der Waals surface area contributed by atoms with Gasteiger partial charge < -0.3 is 27.1 Å². The molecule has 260 valence electrons. The third kappa shape index (κ3) is 15.6. The smallest absolute Gasteiger partial charge is 0.148 e. The van der Waals surface area contributed by atoms with Crippen molar-refractivity contribution in [3.63, 3.8) is 0 Å². The first-order valence-electron chi connectivity index (χ1n) is 14.2. The maximum absolute atomic E-state index is 4.84. The Morgan fingerprint density at radius 1 is 0.383 bits per heavy atom. The van der Waals surface area contributed by atoms with Crippen LogP contribution in [0, 0.1) is 96.9 Å². The van der Waals surface area contributed by atoms with Gasteiger partial charge in [0.1, 0.15) is 34.6 Å². The van der Waals surface area contributed by atoms with Crippen LogP contribution in [0.4, 0.5) is 0 Å². The summed E-state index contributed by atoms with van der Waals surface area (Å²) in [5.74, 6) is 5.25. The molecule has 6 rings (SSSR count). The Hall–Kier alpha value is -3.78. The molecule has 6 aromatic rings. The molecule has 0 saturated carbocycles. The molecule has 14 heteroatoms. The minimum absolute atomic E-state index is 0. The maximum atomic E-state index is 4.84. The summed E-state index contributed by atoms with van der Waals surface area (Å²) in [6.45, 7) is 26.8. The summed E-state index contributed by atoms with van der Waals surface area (Å²) in [4.78, 5) is 0. The van der Waals surface area contributed by atoms with E-state index in [1.807, 2.05) is 109 Å². The van der Waals surface area contributed by atoms with Gasteiger partial charge in [0.05, 0.1) is 43.1 Å². The van der Waals surface area contributed by atoms with Crippen LogP contribution in [0.15, 0.2) is 48.2 Å². The van der Waals surface area contributed by atoms with Gasteiger partial charge in [-0.05, 0) is 129 Å². The molecule has 0 unspecified atom stereocenters. The number of aromatic nitrogens is 6. The van der Waals surface area contributed by atoms with Crippen LogP contribution in [0.25, 0.3) is 0 Å². The van der Waals surface area contributed by atoms with Crippen molar-refractivity contribution in [3.05, 3.63) is 101 Å². The Morgan fingerprint density at radius 3 is 0.723 bits per heavy atom. The van der Waals surface area contributed by atoms with Crippen LogP contribution in [-0.2, 0) is 0 Å². The number of halogens is 2. The van der Waals surface area contributed by atoms with Crippen molar-refractivity contribution in [3.8, 4) is 0 Å². The molecule has 0 aliphatic rings. The van der Waals surface area contributed by atoms with Crippen molar-refractivity contribution in [2.75, 3.05) is 0 Å². The highest BCUT2D eigenvalue weighted by atomic mass is 79.9. The van der Waals surface area contributed by atoms with Crippen molar-refractivity contribution < 1.29 is 27.1 Å². The van der Waals surface area contributed by atoms with E-state index < -0.39 is 0 Å². The van der Waals surface area contributed by atoms with E-state index in [-0.39, 0.29) is 7.43 Å². The fraction of sp³-hybridized carbons (Fsp3) is 0.455. The van der Waals surface area contributed by atoms with Gasteiger partial charge in [0.15, 0.2) is 0 Å². The van der Waals surface area contributed by atoms with E-state index in [1.54, 1.807) is 0 Å². The van der Waals surface area contributed by atoms with Crippen LogP contribution < -0.4 is 0 Å². The van der Waals surface area contributed by atoms with E-state index in [9.17, 15) is 0 Å². The zero-order valence-electron chi connectivity index (χ0n) is 29.0. The predicted molar refractivity (Wildman–Crippen MR) is 187 cm³/mol. The first-order valence-corrected chi connectivity index (χ1v) is 15.8. The zero-order chi connectivity index (χ0) is 35.1. The molecule has 0 amide bonds. The van der Waals surface area contributed by atoms with E-state index in [0.29, 0.717) is 0 Å². The summed E-state index contributed by atoms with van der Waals surface area (Å²) in [6.07, 6.45) is 0. The monoisotopic (exact) mass is 782 g/mol. The highest BCUT2D eigenvalue weighted by Gasteiger charge is 2.03. The molecule has 0 atom stereocenters. The molecule has 0 spiro atoms. The lowest BCUT2D eigenvalue weighted by Crippen LogP contribution is -1.73. The van der Waals surface area contributed by atoms with Crippen LogP contribution in [0.3, 0.4) is 0 Å². The molecule has 0 bridgehead atoms. The third-order valence-corrected chi connectivity index (χ3v) is 8.43. The molecule has 12 nitrogen and oxygen atoms in total. The van der Waals surface area contributed by atoms with Gasteiger partial charge in [0, 0.05) is 23.3 Å². The molecule has 0 saturated heterocycles. The van der Waals surface area contributed by atoms with Gasteiger partial charge in [-0.2, -0.15) is 0 Å². The lowest BCUT2D eigenvalue weighted by Gasteiger charge is -1.80. The Bertz CT molecular complexity index is 1420. The van der Waals surface area contributed by atoms with E-state index in [4.69, 9.17) is 27.1 Å². The molecule has 6 aromatic heterocycles. The topological polar surface area (TPSA) is 156 Å². The van der Waals surface area contributed by atoms with Crippen LogP contribution in [0.5, 0.6) is 0 Å². The summed E-state index contributed by atoms with van der Waals surface area (Å²) in [7, 11) is 0. The van der Waals surface area contributed by atoms with Crippen molar-refractivity contribution >= 4 is 31.9 Å². The van der Waals surface area contributed by atoms with Gasteiger partial charge in [-0.15, -0.1) is 0 Å². The van der Waals surface area contributed by atoms with E-state index in [1.165, 1.54) is 0 Å². The highest BCUT2D eigenvalue weighted by molar-refractivity contribution is 9.10. The minimum Gasteiger partial charge on any atom is -0.361 e. The number of aryl methyl sites for hydroxylation is 12. The normalized spacial score (nSPS) is 9.53. The van der Waals surface area contributed by atoms with Crippen LogP contribution in [0.1, 0.15) is 87.3 Å². The molecular weight excluding hydrogens is 736 g/mol. The standard InChI is InChI=1S/2C6H9NO.2C5H6BrNO.2C5H7NO.CH4/c2*1-4-5(2)7-8-6(4)3;2*1-3-5(6)4(2)8-7-3;2*1-4-3-5(2)7-6-4;/h2*1-3H3;2*1-2H3;2*3H,1-2H3;1H4. The van der Waals surface area contributed by atoms with Gasteiger partial charge >= 0.3 is 0 Å². The number of nitrogens with zero attached hydrogens (tertiary/aromatic N) is 6. The van der Waals surface area contributed by atoms with Gasteiger partial charge in [-0.1, -0.05) is 38.4 Å². The highest BCUT2D eigenvalue weighted by Crippen LogP contribution is 2.19. The SMILES string of the molecule is C.Cc1cc(C)on1.Cc1cc(C)on1.Cc1noc(C)c1Br.Cc1noc(C)c1Br.Cc1noc(C)c1C.Cc1noc(C)c1C. The Labute approximate surface area is 294 Å². The fourth-order valence-electron chi connectivity index (χ4n) is 2.98. The van der Waals surface area contributed by atoms with Crippen molar-refractivity contribution in [1.82, 2.24) is 30.9 Å². The first-order chi connectivity index (χ1) is 21.4. The summed E-state index contributed by atoms with van der Waals surface area (Å²) in [6, 6.07) is 3.78. The second kappa shape index (κ2) is 21.2. The summed E-state index contributed by atoms with van der Waals surface area (Å²) in [5, 5.41) is 22.2. The molecule has 0 aliphatic heterocycles. The lowest BCUT2D eigenvalue weighted by atomic mass is 10.2. The van der Waals surface area contributed by atoms with Crippen molar-refractivity contribution in [2.24, 2.45) is 0 Å². The van der Waals surface area contributed by atoms with Gasteiger partial charge in [0.2, 0.25) is 0 Å². The summed E-state index contributed by atoms with van der Waals surface area (Å²) in [5.41, 5.74) is 7.99. The molecule has 0 aromatic carbocycles. The molecule has 47 heavy (non-hydrogen) atoms. The molecule has 0 N–H and O–H groups in total. The predicted octanol–water partition coefficient (Wildman–Crippen LogP) is 10.5. The molecule has 0 fully saturated rings. The van der Waals surface area contributed by atoms with Crippen molar-refractivity contribution in [2.45, 2.75) is 104 Å². The minimum atomic E-state index is 0. The largest absolute Gasteiger partial charge is 0.361 e. The number of hydrogen-bond acceptors (Lipinski definition) is 12. The number of rotatable bonds is 0. The quantitative estimate of drug-likeness (QED) is 0.144. The van der Waals surface area contributed by atoms with Gasteiger partial charge in [-0.3, -0.25) is 0 Å². The average molecular weight is 785 g/mol. The summed E-state index contributed by atoms with van der Waals surface area (Å²) >= 11 is 6.59. The van der Waals surface area contributed by atoms with Crippen LogP contribution >= 0.6 is 31.9 Å². The molecule has 0 radical (unpaired) electrons. The molecule has 0 aliphatic carbocycles. The number of hydrogen-bond donors (Lipinski definition) is 0. The lowest BCUT2D eigenvalue weighted by molar-refractivity contribution is 0.392. The molecule has 6 heterocycles. The fourth-order valence-corrected chi connectivity index (χ4v) is 3.27. The van der Waals surface area contributed by atoms with E-state index in [2.05, 4.69) is 62.8 Å². The molecular formula is C33H48Br2N6O6. The third-order valence-electron chi connectivity index (χ3n) is 6.16. The Kier molecular flexibility index (Phi) is 19.5. The van der Waals surface area contributed by atoms with Crippen LogP contribution in [-0.4, -0.2) is 30.9 Å². The second-order valence-corrected chi connectivity index (χ2v) is 11.9. The van der Waals surface area contributed by atoms with Crippen LogP contribution in [0.2, 0.25) is 0 Å². The average Bonchev–Trinajstić information content (AvgIpc) is 3.86. The zero-order valence-corrected chi connectivity index (χ0v) is 32.2. The van der Waals surface area contributed by atoms with Crippen molar-refractivity contribution in [1.29, 1.82) is 0 Å². The second-order valence-electron chi connectivity index (χ2n) is 10.3. The summed E-state index contributed by atoms with van der Waals surface area (Å²) < 4.78 is 30.7. The van der Waals surface area contributed by atoms with E-state index >= 15 is 0 Å². The van der Waals surface area contributed by atoms with Gasteiger partial charge in [0.25, 0.3) is 0 Å². The van der Waals surface area contributed by atoms with E-state index in [0.717, 1.165) is 88.8 Å². The maximum Gasteiger partial charge on any atom is 0.148 e. The Morgan fingerprint density at radius 2 is 0.660 bits per heavy atom. The Balaban J connectivity index is 0.000000538.